The molecule has 13 nitrogen and oxygen atoms in total. The van der Waals surface area contributed by atoms with Crippen LogP contribution in [0.15, 0.2) is 42.9 Å². The molecule has 1 aromatic carbocycles. The van der Waals surface area contributed by atoms with Gasteiger partial charge in [0.1, 0.15) is 35.3 Å². The van der Waals surface area contributed by atoms with Crippen LogP contribution >= 0.6 is 0 Å². The van der Waals surface area contributed by atoms with Gasteiger partial charge in [-0.05, 0) is 38.5 Å². The van der Waals surface area contributed by atoms with Gasteiger partial charge in [-0.1, -0.05) is 38.1 Å². The Hall–Kier alpha value is -4.83. The van der Waals surface area contributed by atoms with Gasteiger partial charge >= 0.3 is 12.3 Å². The van der Waals surface area contributed by atoms with E-state index >= 15 is 0 Å². The van der Waals surface area contributed by atoms with Crippen LogP contribution in [0.3, 0.4) is 0 Å². The number of rotatable bonds is 9. The summed E-state index contributed by atoms with van der Waals surface area (Å²) in [5.74, 6) is 0.849. The van der Waals surface area contributed by atoms with Gasteiger partial charge in [0.25, 0.3) is 0 Å². The van der Waals surface area contributed by atoms with Crippen LogP contribution in [-0.2, 0) is 15.7 Å². The number of aromatic nitrogens is 6. The van der Waals surface area contributed by atoms with Crippen LogP contribution in [-0.4, -0.2) is 89.3 Å². The van der Waals surface area contributed by atoms with E-state index in [9.17, 15) is 27.9 Å². The Bertz CT molecular complexity index is 1810. The molecule has 1 unspecified atom stereocenters. The average molecular weight is 696 g/mol. The van der Waals surface area contributed by atoms with Gasteiger partial charge in [0.05, 0.1) is 31.1 Å². The zero-order chi connectivity index (χ0) is 35.7. The number of methoxy groups -OCH3 is 1. The zero-order valence-electron chi connectivity index (χ0n) is 28.2. The van der Waals surface area contributed by atoms with Crippen molar-refractivity contribution in [3.8, 4) is 33.9 Å². The second-order valence-corrected chi connectivity index (χ2v) is 13.0. The summed E-state index contributed by atoms with van der Waals surface area (Å²) in [6.45, 7) is 6.45. The molecule has 0 saturated carbocycles. The Morgan fingerprint density at radius 3 is 2.24 bits per heavy atom. The number of hydrogen-bond acceptors (Lipinski definition) is 9. The highest BCUT2D eigenvalue weighted by atomic mass is 19.4. The second-order valence-electron chi connectivity index (χ2n) is 13.0. The van der Waals surface area contributed by atoms with E-state index in [0.717, 1.165) is 12.8 Å². The summed E-state index contributed by atoms with van der Waals surface area (Å²) in [7, 11) is 1.24. The number of carbonyl (C=O) groups excluding carboxylic acids is 2. The molecular formula is C34H40F3N9O4. The number of imidazole rings is 2. The minimum absolute atomic E-state index is 0.0824. The normalized spacial score (nSPS) is 19.6. The zero-order valence-corrected chi connectivity index (χ0v) is 28.2. The van der Waals surface area contributed by atoms with Crippen molar-refractivity contribution in [3.63, 3.8) is 0 Å². The van der Waals surface area contributed by atoms with Crippen molar-refractivity contribution in [2.45, 2.75) is 77.0 Å². The lowest BCUT2D eigenvalue weighted by Crippen LogP contribution is -2.46. The summed E-state index contributed by atoms with van der Waals surface area (Å²) in [4.78, 5) is 51.8. The molecule has 2 amide bonds. The van der Waals surface area contributed by atoms with E-state index in [1.54, 1.807) is 59.6 Å². The molecule has 0 radical (unpaired) electrons. The molecule has 2 aliphatic heterocycles. The third-order valence-electron chi connectivity index (χ3n) is 9.27. The summed E-state index contributed by atoms with van der Waals surface area (Å²) in [6.07, 6.45) is 1.59. The van der Waals surface area contributed by atoms with Crippen LogP contribution in [0, 0.1) is 5.92 Å². The van der Waals surface area contributed by atoms with Gasteiger partial charge in [-0.15, -0.1) is 0 Å². The molecule has 0 spiro atoms. The first-order valence-electron chi connectivity index (χ1n) is 16.6. The van der Waals surface area contributed by atoms with Crippen LogP contribution < -0.4 is 5.32 Å². The topological polar surface area (TPSA) is 165 Å². The number of H-pyrrole nitrogens is 2. The highest BCUT2D eigenvalue weighted by molar-refractivity contribution is 5.85. The molecule has 4 aromatic rings. The number of nitrogens with one attached hydrogen (secondary N) is 3. The number of nitrogens with zero attached hydrogens (tertiary/aromatic N) is 6. The lowest BCUT2D eigenvalue weighted by molar-refractivity contribution is -0.140. The number of halogens is 3. The number of alkyl carbamates (subject to hydrolysis) is 1. The first kappa shape index (κ1) is 35.0. The lowest BCUT2D eigenvalue weighted by atomic mass is 10.1. The van der Waals surface area contributed by atoms with E-state index in [1.165, 1.54) is 7.11 Å². The maximum atomic E-state index is 14.2. The standard InChI is InChI=1S/C34H40F3N9O4/c1-18(2)31(47)45-13-6-8-25(45)30-43-26(27(44-30)34(35,36)37)20-9-11-21(12-10-20)28-38-15-22(16-39-28)23-17-40-29(42-23)24-7-5-14-46(24)32(48)19(3)41-33(49)50-4/h9-12,15-19,24-25,31,47H,5-8,13-14H2,1-4H3,(H,40,42)(H,41,49)(H,43,44)/t19-,24-,25-,31?/m0/s1. The number of aliphatic hydroxyl groups excluding tert-OH is 1. The molecule has 5 heterocycles. The molecule has 16 heteroatoms. The molecule has 2 saturated heterocycles. The van der Waals surface area contributed by atoms with Gasteiger partial charge in [-0.25, -0.2) is 24.7 Å². The Labute approximate surface area is 286 Å². The molecule has 6 rings (SSSR count). The van der Waals surface area contributed by atoms with Crippen molar-refractivity contribution < 1.29 is 32.6 Å². The van der Waals surface area contributed by atoms with Crippen LogP contribution in [0.25, 0.3) is 33.9 Å². The Morgan fingerprint density at radius 1 is 0.920 bits per heavy atom. The molecule has 50 heavy (non-hydrogen) atoms. The SMILES string of the molecule is COC(=O)N[C@@H](C)C(=O)N1CCC[C@H]1c1ncc(-c2cnc(-c3ccc(-c4nc([C@@H]5CCCN5C(O)C(C)C)[nH]c4C(F)(F)F)cc3)nc2)[nH]1. The fraction of sp³-hybridized carbons (Fsp3) is 0.471. The number of benzene rings is 1. The fourth-order valence-electron chi connectivity index (χ4n) is 6.65. The van der Waals surface area contributed by atoms with Gasteiger partial charge in [0, 0.05) is 42.2 Å². The van der Waals surface area contributed by atoms with Crippen molar-refractivity contribution >= 4 is 12.0 Å². The van der Waals surface area contributed by atoms with Crippen LogP contribution in [0.1, 0.15) is 75.9 Å². The monoisotopic (exact) mass is 695 g/mol. The quantitative estimate of drug-likeness (QED) is 0.178. The summed E-state index contributed by atoms with van der Waals surface area (Å²) in [5, 5.41) is 13.2. The number of aliphatic hydroxyl groups is 1. The highest BCUT2D eigenvalue weighted by Crippen LogP contribution is 2.40. The Kier molecular flexibility index (Phi) is 9.94. The molecule has 0 bridgehead atoms. The maximum Gasteiger partial charge on any atom is 0.433 e. The van der Waals surface area contributed by atoms with Crippen LogP contribution in [0.5, 0.6) is 0 Å². The number of aromatic amines is 2. The van der Waals surface area contributed by atoms with Gasteiger partial charge in [-0.3, -0.25) is 9.69 Å². The third kappa shape index (κ3) is 7.07. The summed E-state index contributed by atoms with van der Waals surface area (Å²) in [6, 6.07) is 4.94. The number of carbonyl (C=O) groups is 2. The van der Waals surface area contributed by atoms with Crippen molar-refractivity contribution in [2.24, 2.45) is 5.92 Å². The van der Waals surface area contributed by atoms with Gasteiger partial charge in [0.15, 0.2) is 5.82 Å². The third-order valence-corrected chi connectivity index (χ3v) is 9.27. The van der Waals surface area contributed by atoms with E-state index < -0.39 is 36.3 Å². The molecule has 4 N–H and O–H groups in total. The maximum absolute atomic E-state index is 14.2. The first-order valence-corrected chi connectivity index (χ1v) is 16.6. The predicted molar refractivity (Wildman–Crippen MR) is 176 cm³/mol. The number of ether oxygens (including phenoxy) is 1. The number of alkyl halides is 3. The van der Waals surface area contributed by atoms with Gasteiger partial charge in [-0.2, -0.15) is 13.2 Å². The first-order chi connectivity index (χ1) is 23.8. The largest absolute Gasteiger partial charge is 0.453 e. The minimum Gasteiger partial charge on any atom is -0.453 e. The second kappa shape index (κ2) is 14.2. The van der Waals surface area contributed by atoms with E-state index in [2.05, 4.69) is 40.0 Å². The van der Waals surface area contributed by atoms with Gasteiger partial charge < -0.3 is 30.0 Å². The fourth-order valence-corrected chi connectivity index (χ4v) is 6.65. The smallest absolute Gasteiger partial charge is 0.433 e. The molecule has 4 atom stereocenters. The van der Waals surface area contributed by atoms with E-state index in [4.69, 9.17) is 0 Å². The summed E-state index contributed by atoms with van der Waals surface area (Å²) >= 11 is 0. The minimum atomic E-state index is -4.66. The van der Waals surface area contributed by atoms with E-state index in [0.29, 0.717) is 54.4 Å². The Morgan fingerprint density at radius 2 is 1.58 bits per heavy atom. The molecule has 2 aliphatic rings. The summed E-state index contributed by atoms with van der Waals surface area (Å²) in [5.41, 5.74) is 1.07. The summed E-state index contributed by atoms with van der Waals surface area (Å²) < 4.78 is 47.1. The molecule has 3 aromatic heterocycles. The van der Waals surface area contributed by atoms with Crippen LogP contribution in [0.2, 0.25) is 0 Å². The van der Waals surface area contributed by atoms with E-state index in [-0.39, 0.29) is 34.9 Å². The molecule has 266 valence electrons. The number of hydrogen-bond donors (Lipinski definition) is 4. The average Bonchev–Trinajstić information content (AvgIpc) is 3.93. The predicted octanol–water partition coefficient (Wildman–Crippen LogP) is 5.46. The molecule has 0 aliphatic carbocycles. The molecule has 2 fully saturated rings. The highest BCUT2D eigenvalue weighted by Gasteiger charge is 2.41. The Balaban J connectivity index is 1.17. The van der Waals surface area contributed by atoms with Gasteiger partial charge in [0.2, 0.25) is 5.91 Å². The number of amides is 2. The lowest BCUT2D eigenvalue weighted by Gasteiger charge is -2.30. The van der Waals surface area contributed by atoms with Crippen LogP contribution in [0.4, 0.5) is 18.0 Å². The van der Waals surface area contributed by atoms with Crippen molar-refractivity contribution in [2.75, 3.05) is 20.2 Å². The van der Waals surface area contributed by atoms with Crippen molar-refractivity contribution in [1.29, 1.82) is 0 Å². The van der Waals surface area contributed by atoms with Crippen molar-refractivity contribution in [3.05, 3.63) is 60.2 Å². The van der Waals surface area contributed by atoms with E-state index in [1.807, 2.05) is 13.8 Å². The number of likely N-dealkylation sites (tertiary alicyclic amines) is 2. The van der Waals surface area contributed by atoms with Crippen molar-refractivity contribution in [1.82, 2.24) is 45.0 Å². The molecular weight excluding hydrogens is 655 g/mol.